The van der Waals surface area contributed by atoms with Gasteiger partial charge in [0.25, 0.3) is 0 Å². The van der Waals surface area contributed by atoms with Crippen LogP contribution in [0.2, 0.25) is 0 Å². The van der Waals surface area contributed by atoms with E-state index in [9.17, 15) is 19.5 Å². The lowest BCUT2D eigenvalue weighted by Crippen LogP contribution is -2.43. The number of amides is 2. The highest BCUT2D eigenvalue weighted by atomic mass is 32.1. The van der Waals surface area contributed by atoms with Gasteiger partial charge in [-0.3, -0.25) is 4.79 Å². The lowest BCUT2D eigenvalue weighted by molar-refractivity contribution is -0.148. The van der Waals surface area contributed by atoms with Crippen molar-refractivity contribution in [3.8, 4) is 0 Å². The first-order valence-electron chi connectivity index (χ1n) is 7.74. The van der Waals surface area contributed by atoms with E-state index in [1.165, 1.54) is 4.90 Å². The Morgan fingerprint density at radius 1 is 1.48 bits per heavy atom. The molecule has 2 atom stereocenters. The second kappa shape index (κ2) is 8.42. The molecular formula is C15H26N2O5S. The predicted molar refractivity (Wildman–Crippen MR) is 88.6 cm³/mol. The minimum Gasteiger partial charge on any atom is -0.480 e. The number of aliphatic carboxylic acids is 1. The van der Waals surface area contributed by atoms with Gasteiger partial charge in [-0.15, -0.1) is 0 Å². The molecule has 0 bridgehead atoms. The van der Waals surface area contributed by atoms with Crippen LogP contribution in [0.5, 0.6) is 0 Å². The molecule has 23 heavy (non-hydrogen) atoms. The number of likely N-dealkylation sites (tertiary alicyclic amines) is 1. The van der Waals surface area contributed by atoms with Gasteiger partial charge in [0.05, 0.1) is 0 Å². The molecule has 8 heteroatoms. The monoisotopic (exact) mass is 346 g/mol. The Labute approximate surface area is 142 Å². The first kappa shape index (κ1) is 19.6. The number of carbonyl (C=O) groups is 3. The highest BCUT2D eigenvalue weighted by molar-refractivity contribution is 7.80. The summed E-state index contributed by atoms with van der Waals surface area (Å²) >= 11 is 4.17. The van der Waals surface area contributed by atoms with E-state index < -0.39 is 23.7 Å². The molecule has 1 aliphatic rings. The Morgan fingerprint density at radius 2 is 2.13 bits per heavy atom. The first-order valence-corrected chi connectivity index (χ1v) is 8.37. The van der Waals surface area contributed by atoms with Gasteiger partial charge in [0.1, 0.15) is 11.6 Å². The average molecular weight is 346 g/mol. The first-order chi connectivity index (χ1) is 10.6. The number of carboxylic acid groups (broad SMARTS) is 1. The van der Waals surface area contributed by atoms with Crippen molar-refractivity contribution in [1.29, 1.82) is 0 Å². The molecule has 0 aromatic heterocycles. The molecule has 1 heterocycles. The lowest BCUT2D eigenvalue weighted by Gasteiger charge is -2.25. The van der Waals surface area contributed by atoms with Gasteiger partial charge in [0.15, 0.2) is 0 Å². The van der Waals surface area contributed by atoms with E-state index in [2.05, 4.69) is 17.9 Å². The van der Waals surface area contributed by atoms with Gasteiger partial charge >= 0.3 is 12.1 Å². The molecular weight excluding hydrogens is 320 g/mol. The molecule has 2 amide bonds. The molecule has 0 aromatic carbocycles. The number of hydrogen-bond acceptors (Lipinski definition) is 5. The summed E-state index contributed by atoms with van der Waals surface area (Å²) in [7, 11) is 0. The van der Waals surface area contributed by atoms with Gasteiger partial charge in [-0.2, -0.15) is 12.6 Å². The standard InChI is InChI=1S/C15H26N2O5S/c1-15(2,3)22-14(21)16-6-4-5-11(13(19)20)17-8-10(9-23)7-12(17)18/h10-11,23H,4-9H2,1-3H3,(H,16,21)(H,19,20)/t10?,11-/m0/s1. The Balaban J connectivity index is 2.42. The largest absolute Gasteiger partial charge is 0.480 e. The maximum atomic E-state index is 11.9. The predicted octanol–water partition coefficient (Wildman–Crippen LogP) is 1.52. The third-order valence-corrected chi connectivity index (χ3v) is 4.00. The van der Waals surface area contributed by atoms with Crippen molar-refractivity contribution in [3.63, 3.8) is 0 Å². The highest BCUT2D eigenvalue weighted by Gasteiger charge is 2.36. The fraction of sp³-hybridized carbons (Fsp3) is 0.800. The molecule has 0 radical (unpaired) electrons. The molecule has 0 saturated carbocycles. The third kappa shape index (κ3) is 6.68. The summed E-state index contributed by atoms with van der Waals surface area (Å²) in [6, 6.07) is -0.854. The Morgan fingerprint density at radius 3 is 2.61 bits per heavy atom. The fourth-order valence-corrected chi connectivity index (χ4v) is 2.69. The number of ether oxygens (including phenoxy) is 1. The minimum absolute atomic E-state index is 0.104. The summed E-state index contributed by atoms with van der Waals surface area (Å²) < 4.78 is 5.10. The number of alkyl carbamates (subject to hydrolysis) is 1. The van der Waals surface area contributed by atoms with Crippen molar-refractivity contribution in [2.24, 2.45) is 5.92 Å². The van der Waals surface area contributed by atoms with Gasteiger partial charge in [-0.05, 0) is 45.3 Å². The highest BCUT2D eigenvalue weighted by Crippen LogP contribution is 2.23. The van der Waals surface area contributed by atoms with E-state index in [0.29, 0.717) is 31.7 Å². The van der Waals surface area contributed by atoms with Crippen LogP contribution in [0.3, 0.4) is 0 Å². The van der Waals surface area contributed by atoms with E-state index in [1.54, 1.807) is 20.8 Å². The zero-order valence-electron chi connectivity index (χ0n) is 13.9. The van der Waals surface area contributed by atoms with E-state index in [4.69, 9.17) is 4.74 Å². The van der Waals surface area contributed by atoms with Crippen LogP contribution < -0.4 is 5.32 Å². The number of nitrogens with zero attached hydrogens (tertiary/aromatic N) is 1. The van der Waals surface area contributed by atoms with Crippen molar-refractivity contribution in [2.45, 2.75) is 51.7 Å². The van der Waals surface area contributed by atoms with E-state index in [1.807, 2.05) is 0 Å². The Kier molecular flexibility index (Phi) is 7.18. The van der Waals surface area contributed by atoms with Crippen molar-refractivity contribution in [1.82, 2.24) is 10.2 Å². The number of nitrogens with one attached hydrogen (secondary N) is 1. The molecule has 7 nitrogen and oxygen atoms in total. The summed E-state index contributed by atoms with van der Waals surface area (Å²) in [6.45, 7) is 6.03. The summed E-state index contributed by atoms with van der Waals surface area (Å²) in [4.78, 5) is 36.3. The second-order valence-corrected chi connectivity index (χ2v) is 7.09. The summed E-state index contributed by atoms with van der Waals surface area (Å²) in [6.07, 6.45) is 0.558. The van der Waals surface area contributed by atoms with Gasteiger partial charge in [-0.1, -0.05) is 0 Å². The summed E-state index contributed by atoms with van der Waals surface area (Å²) in [5.41, 5.74) is -0.572. The molecule has 1 fully saturated rings. The van der Waals surface area contributed by atoms with Crippen molar-refractivity contribution in [3.05, 3.63) is 0 Å². The van der Waals surface area contributed by atoms with E-state index in [-0.39, 0.29) is 18.2 Å². The average Bonchev–Trinajstić information content (AvgIpc) is 2.77. The Bertz CT molecular complexity index is 450. The van der Waals surface area contributed by atoms with Crippen LogP contribution in [0, 0.1) is 5.92 Å². The number of carbonyl (C=O) groups excluding carboxylic acids is 2. The maximum absolute atomic E-state index is 11.9. The van der Waals surface area contributed by atoms with Crippen LogP contribution in [0.25, 0.3) is 0 Å². The van der Waals surface area contributed by atoms with Crippen LogP contribution in [0.15, 0.2) is 0 Å². The van der Waals surface area contributed by atoms with Gasteiger partial charge in [0.2, 0.25) is 5.91 Å². The van der Waals surface area contributed by atoms with Gasteiger partial charge in [0, 0.05) is 19.5 Å². The number of rotatable bonds is 7. The fourth-order valence-electron chi connectivity index (χ4n) is 2.44. The normalized spacial score (nSPS) is 19.6. The van der Waals surface area contributed by atoms with Crippen LogP contribution >= 0.6 is 12.6 Å². The molecule has 132 valence electrons. The second-order valence-electron chi connectivity index (χ2n) is 6.72. The van der Waals surface area contributed by atoms with Crippen LogP contribution in [0.1, 0.15) is 40.0 Å². The van der Waals surface area contributed by atoms with E-state index in [0.717, 1.165) is 0 Å². The third-order valence-electron chi connectivity index (χ3n) is 3.48. The van der Waals surface area contributed by atoms with Crippen molar-refractivity contribution in [2.75, 3.05) is 18.8 Å². The molecule has 1 saturated heterocycles. The minimum atomic E-state index is -1.02. The van der Waals surface area contributed by atoms with E-state index >= 15 is 0 Å². The van der Waals surface area contributed by atoms with Crippen molar-refractivity contribution < 1.29 is 24.2 Å². The quantitative estimate of drug-likeness (QED) is 0.480. The molecule has 1 aliphatic heterocycles. The smallest absolute Gasteiger partial charge is 0.407 e. The number of carboxylic acids is 1. The van der Waals surface area contributed by atoms with Crippen LogP contribution in [-0.2, 0) is 14.3 Å². The Hall–Kier alpha value is -1.44. The van der Waals surface area contributed by atoms with Crippen molar-refractivity contribution >= 4 is 30.6 Å². The number of hydrogen-bond donors (Lipinski definition) is 3. The summed E-state index contributed by atoms with van der Waals surface area (Å²) in [5, 5.41) is 11.9. The molecule has 1 rings (SSSR count). The lowest BCUT2D eigenvalue weighted by atomic mass is 10.1. The SMILES string of the molecule is CC(C)(C)OC(=O)NCCC[C@@H](C(=O)O)N1CC(CS)CC1=O. The van der Waals surface area contributed by atoms with Gasteiger partial charge in [-0.25, -0.2) is 9.59 Å². The maximum Gasteiger partial charge on any atom is 0.407 e. The van der Waals surface area contributed by atoms with Crippen LogP contribution in [-0.4, -0.2) is 58.5 Å². The van der Waals surface area contributed by atoms with Crippen LogP contribution in [0.4, 0.5) is 4.79 Å². The number of thiol groups is 1. The zero-order valence-corrected chi connectivity index (χ0v) is 14.8. The molecule has 0 spiro atoms. The molecule has 0 aliphatic carbocycles. The zero-order chi connectivity index (χ0) is 17.6. The van der Waals surface area contributed by atoms with Gasteiger partial charge < -0.3 is 20.1 Å². The molecule has 2 N–H and O–H groups in total. The molecule has 0 aromatic rings. The topological polar surface area (TPSA) is 95.9 Å². The molecule has 1 unspecified atom stereocenters. The summed E-state index contributed by atoms with van der Waals surface area (Å²) in [5.74, 6) is -0.492.